The molecule has 0 aromatic heterocycles. The number of hydrogen-bond acceptors (Lipinski definition) is 5. The maximum atomic E-state index is 9.77. The first-order chi connectivity index (χ1) is 3.66. The van der Waals surface area contributed by atoms with E-state index in [1.807, 2.05) is 0 Å². The Kier molecular flexibility index (Phi) is 5.99. The number of hydrogen-bond donors (Lipinski definition) is 3. The molecule has 54 valence electrons. The third-order valence-electron chi connectivity index (χ3n) is 0.397. The molecule has 6 heteroatoms. The summed E-state index contributed by atoms with van der Waals surface area (Å²) in [4.78, 5) is 22.4. The quantitative estimate of drug-likeness (QED) is 0.271. The fourth-order valence-electron chi connectivity index (χ4n) is 0.156. The molecular formula is C3H7NO5. The second-order valence-corrected chi connectivity index (χ2v) is 1.03. The van der Waals surface area contributed by atoms with Crippen molar-refractivity contribution in [2.24, 2.45) is 0 Å². The summed E-state index contributed by atoms with van der Waals surface area (Å²) in [7, 11) is 0. The fraction of sp³-hybridized carbons (Fsp3) is 0.333. The first-order valence-corrected chi connectivity index (χ1v) is 1.73. The van der Waals surface area contributed by atoms with Crippen molar-refractivity contribution < 1.29 is 24.8 Å². The molecule has 0 spiro atoms. The lowest BCUT2D eigenvalue weighted by Gasteiger charge is -1.87. The van der Waals surface area contributed by atoms with Gasteiger partial charge in [0, 0.05) is 0 Å². The van der Waals surface area contributed by atoms with Gasteiger partial charge in [0.2, 0.25) is 0 Å². The average Bonchev–Trinajstić information content (AvgIpc) is 1.65. The molecule has 0 aliphatic heterocycles. The van der Waals surface area contributed by atoms with Crippen molar-refractivity contribution in [3.63, 3.8) is 0 Å². The molecule has 0 amide bonds. The Labute approximate surface area is 50.6 Å². The molecule has 0 aliphatic carbocycles. The molecule has 6 nitrogen and oxygen atoms in total. The minimum absolute atomic E-state index is 0. The minimum Gasteiger partial charge on any atom is -0.481 e. The van der Waals surface area contributed by atoms with E-state index in [2.05, 4.69) is 4.89 Å². The van der Waals surface area contributed by atoms with Crippen LogP contribution in [0.15, 0.2) is 0 Å². The third kappa shape index (κ3) is 6.86. The Morgan fingerprint density at radius 2 is 1.89 bits per heavy atom. The monoisotopic (exact) mass is 137 g/mol. The Bertz CT molecular complexity index is 111. The summed E-state index contributed by atoms with van der Waals surface area (Å²) in [6.07, 6.45) is -0.809. The molecular weight excluding hydrogens is 130 g/mol. The van der Waals surface area contributed by atoms with Gasteiger partial charge in [0.05, 0.1) is 0 Å². The molecule has 0 radical (unpaired) electrons. The van der Waals surface area contributed by atoms with Gasteiger partial charge in [-0.3, -0.25) is 4.79 Å². The minimum atomic E-state index is -1.33. The first kappa shape index (κ1) is 10.8. The van der Waals surface area contributed by atoms with Crippen molar-refractivity contribution >= 4 is 11.9 Å². The smallest absolute Gasteiger partial charge is 0.353 e. The maximum Gasteiger partial charge on any atom is 0.353 e. The topological polar surface area (TPSA) is 119 Å². The van der Waals surface area contributed by atoms with Crippen molar-refractivity contribution in [2.75, 3.05) is 0 Å². The van der Waals surface area contributed by atoms with Crippen molar-refractivity contribution in [2.45, 2.75) is 6.42 Å². The van der Waals surface area contributed by atoms with Gasteiger partial charge in [-0.15, -0.1) is 0 Å². The number of rotatable bonds is 2. The first-order valence-electron chi connectivity index (χ1n) is 1.73. The van der Waals surface area contributed by atoms with Gasteiger partial charge >= 0.3 is 11.9 Å². The molecule has 0 rings (SSSR count). The Morgan fingerprint density at radius 3 is 2.00 bits per heavy atom. The summed E-state index contributed by atoms with van der Waals surface area (Å²) in [6.45, 7) is 0. The molecule has 0 bridgehead atoms. The summed E-state index contributed by atoms with van der Waals surface area (Å²) >= 11 is 0. The lowest BCUT2D eigenvalue weighted by Crippen LogP contribution is -2.07. The van der Waals surface area contributed by atoms with E-state index in [0.717, 1.165) is 0 Å². The molecule has 5 N–H and O–H groups in total. The molecule has 0 aromatic carbocycles. The molecule has 0 aliphatic rings. The summed E-state index contributed by atoms with van der Waals surface area (Å²) in [5, 5.41) is 15.3. The molecule has 0 atom stereocenters. The highest BCUT2D eigenvalue weighted by atomic mass is 17.1. The van der Waals surface area contributed by atoms with E-state index in [1.54, 1.807) is 0 Å². The van der Waals surface area contributed by atoms with Gasteiger partial charge in [-0.2, -0.15) is 5.26 Å². The normalized spacial score (nSPS) is 7.22. The number of carboxylic acids is 1. The van der Waals surface area contributed by atoms with Crippen molar-refractivity contribution in [1.82, 2.24) is 6.15 Å². The zero-order valence-electron chi connectivity index (χ0n) is 4.53. The van der Waals surface area contributed by atoms with Gasteiger partial charge in [0.25, 0.3) is 0 Å². The van der Waals surface area contributed by atoms with Gasteiger partial charge < -0.3 is 16.1 Å². The summed E-state index contributed by atoms with van der Waals surface area (Å²) in [5.74, 6) is -2.50. The van der Waals surface area contributed by atoms with Crippen molar-refractivity contribution in [3.05, 3.63) is 0 Å². The van der Waals surface area contributed by atoms with Crippen molar-refractivity contribution in [3.8, 4) is 0 Å². The molecule has 0 saturated carbocycles. The van der Waals surface area contributed by atoms with E-state index in [9.17, 15) is 9.59 Å². The van der Waals surface area contributed by atoms with E-state index in [1.165, 1.54) is 0 Å². The van der Waals surface area contributed by atoms with Crippen LogP contribution in [0.2, 0.25) is 0 Å². The fourth-order valence-corrected chi connectivity index (χ4v) is 0.156. The van der Waals surface area contributed by atoms with Gasteiger partial charge in [0.15, 0.2) is 0 Å². The van der Waals surface area contributed by atoms with E-state index >= 15 is 0 Å². The number of carbonyl (C=O) groups is 2. The maximum absolute atomic E-state index is 9.77. The molecule has 0 heterocycles. The van der Waals surface area contributed by atoms with Gasteiger partial charge in [-0.1, -0.05) is 0 Å². The Hall–Kier alpha value is -1.14. The van der Waals surface area contributed by atoms with Crippen LogP contribution in [0.4, 0.5) is 0 Å². The predicted octanol–water partition coefficient (Wildman–Crippen LogP) is -0.361. The summed E-state index contributed by atoms with van der Waals surface area (Å²) < 4.78 is 0. The van der Waals surface area contributed by atoms with Gasteiger partial charge in [0.1, 0.15) is 6.42 Å². The lowest BCUT2D eigenvalue weighted by molar-refractivity contribution is -0.234. The SMILES string of the molecule is N.O=C(O)CC(=O)OO. The standard InChI is InChI=1S/C3H4O5.H3N/c4-2(5)1-3(6)8-7;/h7H,1H2,(H,4,5);1H3. The zero-order valence-corrected chi connectivity index (χ0v) is 4.53. The van der Waals surface area contributed by atoms with Crippen LogP contribution in [-0.4, -0.2) is 22.3 Å². The zero-order chi connectivity index (χ0) is 6.57. The molecule has 0 aromatic rings. The highest BCUT2D eigenvalue weighted by molar-refractivity contribution is 5.89. The van der Waals surface area contributed by atoms with Crippen LogP contribution in [0.5, 0.6) is 0 Å². The lowest BCUT2D eigenvalue weighted by atomic mass is 10.5. The molecule has 0 unspecified atom stereocenters. The third-order valence-corrected chi connectivity index (χ3v) is 0.397. The highest BCUT2D eigenvalue weighted by Crippen LogP contribution is 1.80. The Balaban J connectivity index is 0. The van der Waals surface area contributed by atoms with E-state index in [4.69, 9.17) is 10.4 Å². The average molecular weight is 137 g/mol. The number of carboxylic acid groups (broad SMARTS) is 1. The van der Waals surface area contributed by atoms with Crippen LogP contribution in [0.1, 0.15) is 6.42 Å². The van der Waals surface area contributed by atoms with E-state index in [0.29, 0.717) is 0 Å². The highest BCUT2D eigenvalue weighted by Gasteiger charge is 2.06. The van der Waals surface area contributed by atoms with E-state index < -0.39 is 18.4 Å². The van der Waals surface area contributed by atoms with Gasteiger partial charge in [-0.25, -0.2) is 4.79 Å². The van der Waals surface area contributed by atoms with Gasteiger partial charge in [-0.05, 0) is 0 Å². The number of carbonyl (C=O) groups excluding carboxylic acids is 1. The van der Waals surface area contributed by atoms with Crippen LogP contribution in [0, 0.1) is 0 Å². The van der Waals surface area contributed by atoms with Crippen molar-refractivity contribution in [1.29, 1.82) is 0 Å². The summed E-state index contributed by atoms with van der Waals surface area (Å²) in [6, 6.07) is 0. The molecule has 0 fully saturated rings. The Morgan fingerprint density at radius 1 is 1.44 bits per heavy atom. The van der Waals surface area contributed by atoms with E-state index in [-0.39, 0.29) is 6.15 Å². The largest absolute Gasteiger partial charge is 0.481 e. The second kappa shape index (κ2) is 5.01. The summed E-state index contributed by atoms with van der Waals surface area (Å²) in [5.41, 5.74) is 0. The predicted molar refractivity (Wildman–Crippen MR) is 26.0 cm³/mol. The molecule has 0 saturated heterocycles. The van der Waals surface area contributed by atoms with Crippen LogP contribution in [-0.2, 0) is 14.5 Å². The van der Waals surface area contributed by atoms with Crippen LogP contribution < -0.4 is 6.15 Å². The van der Waals surface area contributed by atoms with Crippen LogP contribution in [0.25, 0.3) is 0 Å². The second-order valence-electron chi connectivity index (χ2n) is 1.03. The van der Waals surface area contributed by atoms with Crippen LogP contribution in [0.3, 0.4) is 0 Å². The number of aliphatic carboxylic acids is 1. The molecule has 9 heavy (non-hydrogen) atoms. The van der Waals surface area contributed by atoms with Crippen LogP contribution >= 0.6 is 0 Å².